The maximum absolute atomic E-state index is 13.1. The summed E-state index contributed by atoms with van der Waals surface area (Å²) in [5.74, 6) is 2.17. The molecule has 234 valence electrons. The number of halogens is 4. The molecule has 0 radical (unpaired) electrons. The van der Waals surface area contributed by atoms with Crippen LogP contribution in [0.4, 0.5) is 13.2 Å². The molecule has 2 aliphatic heterocycles. The smallest absolute Gasteiger partial charge is 0.432 e. The molecule has 2 aliphatic rings. The van der Waals surface area contributed by atoms with Crippen molar-refractivity contribution in [3.8, 4) is 17.1 Å². The van der Waals surface area contributed by atoms with Crippen LogP contribution in [0.5, 0.6) is 5.88 Å². The van der Waals surface area contributed by atoms with Gasteiger partial charge in [-0.15, -0.1) is 0 Å². The van der Waals surface area contributed by atoms with Gasteiger partial charge in [-0.3, -0.25) is 10.00 Å². The molecule has 13 heteroatoms. The summed E-state index contributed by atoms with van der Waals surface area (Å²) in [6, 6.07) is 16.0. The number of piperidine rings is 1. The van der Waals surface area contributed by atoms with Gasteiger partial charge in [0.15, 0.2) is 0 Å². The van der Waals surface area contributed by atoms with Crippen molar-refractivity contribution in [2.45, 2.75) is 57.2 Å². The lowest BCUT2D eigenvalue weighted by Crippen LogP contribution is -2.39. The number of fused-ring (bicyclic) bond motifs is 1. The largest absolute Gasteiger partial charge is 0.474 e. The molecule has 0 saturated carbocycles. The van der Waals surface area contributed by atoms with E-state index >= 15 is 0 Å². The standard InChI is InChI=1S/C32H31ClF3N7O2/c33-22-4-1-20(2-5-22)15-29-37-11-7-31(39-29)45-23-8-12-42(13-9-23)19-30-38-26-16-21(25-17-28(41-40-25)32(34,35)36)3-6-27(26)43(30)18-24-10-14-44-24/h1-7,11,16-17,23-24H,8-10,12-15,18-19H2,(H,40,41). The molecule has 0 aliphatic carbocycles. The Kier molecular flexibility index (Phi) is 8.19. The molecule has 0 amide bonds. The van der Waals surface area contributed by atoms with Crippen LogP contribution in [0, 0.1) is 0 Å². The van der Waals surface area contributed by atoms with Crippen molar-refractivity contribution in [3.63, 3.8) is 0 Å². The van der Waals surface area contributed by atoms with Gasteiger partial charge < -0.3 is 14.0 Å². The number of nitrogens with one attached hydrogen (secondary N) is 1. The van der Waals surface area contributed by atoms with Crippen molar-refractivity contribution >= 4 is 22.6 Å². The number of benzene rings is 2. The first kappa shape index (κ1) is 29.7. The maximum Gasteiger partial charge on any atom is 0.432 e. The number of rotatable bonds is 9. The van der Waals surface area contributed by atoms with E-state index in [4.69, 9.17) is 26.1 Å². The van der Waals surface area contributed by atoms with Gasteiger partial charge in [0.2, 0.25) is 5.88 Å². The minimum Gasteiger partial charge on any atom is -0.474 e. The third kappa shape index (κ3) is 6.82. The Morgan fingerprint density at radius 1 is 1.00 bits per heavy atom. The Balaban J connectivity index is 1.02. The summed E-state index contributed by atoms with van der Waals surface area (Å²) in [7, 11) is 0. The summed E-state index contributed by atoms with van der Waals surface area (Å²) in [6.07, 6.45) is 0.668. The first-order chi connectivity index (χ1) is 21.8. The van der Waals surface area contributed by atoms with Crippen molar-refractivity contribution in [2.75, 3.05) is 19.7 Å². The number of alkyl halides is 3. The van der Waals surface area contributed by atoms with Gasteiger partial charge in [-0.2, -0.15) is 23.3 Å². The van der Waals surface area contributed by atoms with E-state index in [0.29, 0.717) is 41.8 Å². The molecule has 7 rings (SSSR count). The number of hydrogen-bond acceptors (Lipinski definition) is 7. The van der Waals surface area contributed by atoms with Crippen LogP contribution in [0.1, 0.15) is 42.2 Å². The molecule has 0 bridgehead atoms. The van der Waals surface area contributed by atoms with Crippen LogP contribution >= 0.6 is 11.6 Å². The molecule has 1 unspecified atom stereocenters. The Bertz CT molecular complexity index is 1780. The van der Waals surface area contributed by atoms with Gasteiger partial charge in [0.25, 0.3) is 0 Å². The first-order valence-electron chi connectivity index (χ1n) is 15.0. The van der Waals surface area contributed by atoms with Gasteiger partial charge in [-0.05, 0) is 55.2 Å². The second-order valence-corrected chi connectivity index (χ2v) is 11.9. The number of imidazole rings is 1. The Labute approximate surface area is 262 Å². The topological polar surface area (TPSA) is 94.0 Å². The highest BCUT2D eigenvalue weighted by Gasteiger charge is 2.33. The molecule has 1 N–H and O–H groups in total. The van der Waals surface area contributed by atoms with Crippen LogP contribution in [0.25, 0.3) is 22.3 Å². The predicted molar refractivity (Wildman–Crippen MR) is 162 cm³/mol. The molecule has 5 aromatic rings. The molecule has 9 nitrogen and oxygen atoms in total. The van der Waals surface area contributed by atoms with E-state index in [1.165, 1.54) is 0 Å². The molecule has 5 heterocycles. The fraction of sp³-hybridized carbons (Fsp3) is 0.375. The van der Waals surface area contributed by atoms with Crippen molar-refractivity contribution in [2.24, 2.45) is 0 Å². The summed E-state index contributed by atoms with van der Waals surface area (Å²) >= 11 is 6.00. The first-order valence-corrected chi connectivity index (χ1v) is 15.3. The summed E-state index contributed by atoms with van der Waals surface area (Å²) < 4.78 is 53.5. The molecule has 45 heavy (non-hydrogen) atoms. The van der Waals surface area contributed by atoms with E-state index < -0.39 is 11.9 Å². The van der Waals surface area contributed by atoms with Crippen LogP contribution < -0.4 is 4.74 Å². The molecular formula is C32H31ClF3N7O2. The van der Waals surface area contributed by atoms with E-state index in [1.54, 1.807) is 24.4 Å². The van der Waals surface area contributed by atoms with Gasteiger partial charge in [-0.25, -0.2) is 9.97 Å². The second kappa shape index (κ2) is 12.4. The Morgan fingerprint density at radius 2 is 1.80 bits per heavy atom. The van der Waals surface area contributed by atoms with Gasteiger partial charge in [0, 0.05) is 49.0 Å². The number of hydrogen-bond donors (Lipinski definition) is 1. The monoisotopic (exact) mass is 637 g/mol. The zero-order valence-corrected chi connectivity index (χ0v) is 25.1. The minimum atomic E-state index is -4.49. The fourth-order valence-corrected chi connectivity index (χ4v) is 5.91. The maximum atomic E-state index is 13.1. The molecule has 1 atom stereocenters. The van der Waals surface area contributed by atoms with Crippen LogP contribution in [0.2, 0.25) is 5.02 Å². The lowest BCUT2D eigenvalue weighted by molar-refractivity contribution is -0.141. The number of aromatic amines is 1. The normalized spacial score (nSPS) is 17.9. The molecule has 2 aromatic carbocycles. The summed E-state index contributed by atoms with van der Waals surface area (Å²) in [5.41, 5.74) is 2.64. The lowest BCUT2D eigenvalue weighted by Gasteiger charge is -2.32. The van der Waals surface area contributed by atoms with Gasteiger partial charge in [0.1, 0.15) is 23.4 Å². The quantitative estimate of drug-likeness (QED) is 0.202. The van der Waals surface area contributed by atoms with Gasteiger partial charge in [-0.1, -0.05) is 29.8 Å². The van der Waals surface area contributed by atoms with Gasteiger partial charge >= 0.3 is 6.18 Å². The second-order valence-electron chi connectivity index (χ2n) is 11.5. The summed E-state index contributed by atoms with van der Waals surface area (Å²) in [5, 5.41) is 6.67. The van der Waals surface area contributed by atoms with Crippen LogP contribution in [0.3, 0.4) is 0 Å². The average Bonchev–Trinajstić information content (AvgIpc) is 3.63. The zero-order valence-electron chi connectivity index (χ0n) is 24.3. The summed E-state index contributed by atoms with van der Waals surface area (Å²) in [4.78, 5) is 16.3. The van der Waals surface area contributed by atoms with E-state index in [9.17, 15) is 13.2 Å². The third-order valence-electron chi connectivity index (χ3n) is 8.33. The number of H-pyrrole nitrogens is 1. The number of aromatic nitrogens is 6. The molecule has 2 fully saturated rings. The van der Waals surface area contributed by atoms with Crippen molar-refractivity contribution in [1.29, 1.82) is 0 Å². The minimum absolute atomic E-state index is 0.0414. The molecule has 3 aromatic heterocycles. The molecular weight excluding hydrogens is 607 g/mol. The number of nitrogens with zero attached hydrogens (tertiary/aromatic N) is 6. The number of ether oxygens (including phenoxy) is 2. The molecule has 2 saturated heterocycles. The van der Waals surface area contributed by atoms with E-state index in [1.807, 2.05) is 30.3 Å². The zero-order chi connectivity index (χ0) is 31.0. The highest BCUT2D eigenvalue weighted by atomic mass is 35.5. The van der Waals surface area contributed by atoms with Gasteiger partial charge in [0.05, 0.1) is 35.9 Å². The SMILES string of the molecule is FC(F)(F)c1cc(-c2ccc3c(c2)nc(CN2CCC(Oc4ccnc(Cc5ccc(Cl)cc5)n4)CC2)n3CC2CCO2)n[nH]1. The van der Waals surface area contributed by atoms with Crippen molar-refractivity contribution in [3.05, 3.63) is 88.7 Å². The third-order valence-corrected chi connectivity index (χ3v) is 8.58. The van der Waals surface area contributed by atoms with E-state index in [-0.39, 0.29) is 17.9 Å². The van der Waals surface area contributed by atoms with E-state index in [0.717, 1.165) is 67.4 Å². The Morgan fingerprint density at radius 3 is 2.51 bits per heavy atom. The Hall–Kier alpha value is -4.00. The average molecular weight is 638 g/mol. The molecule has 0 spiro atoms. The van der Waals surface area contributed by atoms with Crippen LogP contribution in [-0.2, 0) is 30.4 Å². The highest BCUT2D eigenvalue weighted by molar-refractivity contribution is 6.30. The fourth-order valence-electron chi connectivity index (χ4n) is 5.78. The number of likely N-dealkylation sites (tertiary alicyclic amines) is 1. The lowest BCUT2D eigenvalue weighted by atomic mass is 10.1. The summed E-state index contributed by atoms with van der Waals surface area (Å²) in [6.45, 7) is 3.73. The van der Waals surface area contributed by atoms with Crippen LogP contribution in [-0.4, -0.2) is 66.5 Å². The highest BCUT2D eigenvalue weighted by Crippen LogP contribution is 2.32. The predicted octanol–water partition coefficient (Wildman–Crippen LogP) is 6.31. The van der Waals surface area contributed by atoms with E-state index in [2.05, 4.69) is 29.6 Å². The van der Waals surface area contributed by atoms with Crippen molar-refractivity contribution < 1.29 is 22.6 Å². The van der Waals surface area contributed by atoms with Crippen LogP contribution in [0.15, 0.2) is 60.8 Å². The van der Waals surface area contributed by atoms with Crippen molar-refractivity contribution in [1.82, 2.24) is 34.6 Å².